The van der Waals surface area contributed by atoms with E-state index in [0.29, 0.717) is 33.7 Å². The Kier molecular flexibility index (Phi) is 9.67. The van der Waals surface area contributed by atoms with Crippen LogP contribution in [-0.4, -0.2) is 42.7 Å². The third kappa shape index (κ3) is 6.09. The first-order chi connectivity index (χ1) is 21.7. The van der Waals surface area contributed by atoms with Gasteiger partial charge in [-0.05, 0) is 44.0 Å². The number of hydrogen-bond acceptors (Lipinski definition) is 9. The van der Waals surface area contributed by atoms with Crippen molar-refractivity contribution >= 4 is 40.4 Å². The first-order valence-corrected chi connectivity index (χ1v) is 16.0. The highest BCUT2D eigenvalue weighted by Crippen LogP contribution is 2.38. The van der Waals surface area contributed by atoms with Crippen molar-refractivity contribution in [1.29, 1.82) is 0 Å². The van der Waals surface area contributed by atoms with Crippen molar-refractivity contribution in [3.63, 3.8) is 0 Å². The van der Waals surface area contributed by atoms with Crippen molar-refractivity contribution < 1.29 is 28.6 Å². The zero-order valence-corrected chi connectivity index (χ0v) is 27.0. The smallest absolute Gasteiger partial charge is 0.338 e. The van der Waals surface area contributed by atoms with Crippen LogP contribution in [-0.2, 0) is 19.1 Å². The number of thiazole rings is 1. The third-order valence-electron chi connectivity index (χ3n) is 7.89. The predicted octanol–water partition coefficient (Wildman–Crippen LogP) is 4.42. The van der Waals surface area contributed by atoms with Gasteiger partial charge in [0.25, 0.3) is 11.5 Å². The number of unbranched alkanes of at least 4 members (excludes halogenated alkanes) is 4. The van der Waals surface area contributed by atoms with Crippen molar-refractivity contribution in [2.24, 2.45) is 4.99 Å². The molecular formula is C34H37N3O7S. The van der Waals surface area contributed by atoms with E-state index in [2.05, 4.69) is 11.9 Å². The van der Waals surface area contributed by atoms with Gasteiger partial charge in [0.05, 0.1) is 42.3 Å². The maximum absolute atomic E-state index is 14.4. The maximum atomic E-state index is 14.4. The minimum absolute atomic E-state index is 0.130. The normalized spacial score (nSPS) is 16.7. The molecule has 2 aliphatic rings. The first-order valence-electron chi connectivity index (χ1n) is 15.2. The highest BCUT2D eigenvalue weighted by molar-refractivity contribution is 7.07. The van der Waals surface area contributed by atoms with Crippen LogP contribution in [0.15, 0.2) is 63.5 Å². The third-order valence-corrected chi connectivity index (χ3v) is 8.94. The fourth-order valence-corrected chi connectivity index (χ4v) is 6.98. The number of allylic oxidation sites excluding steroid dienone is 1. The molecule has 0 saturated heterocycles. The molecule has 0 saturated carbocycles. The van der Waals surface area contributed by atoms with Gasteiger partial charge in [0.1, 0.15) is 4.53 Å². The molecule has 0 radical (unpaired) electrons. The van der Waals surface area contributed by atoms with Crippen LogP contribution in [0.25, 0.3) is 5.57 Å². The lowest BCUT2D eigenvalue weighted by molar-refractivity contribution is -0.139. The van der Waals surface area contributed by atoms with Crippen molar-refractivity contribution in [3.8, 4) is 11.5 Å². The summed E-state index contributed by atoms with van der Waals surface area (Å²) in [6, 6.07) is 11.4. The topological polar surface area (TPSA) is 117 Å². The number of hydrogen-bond donors (Lipinski definition) is 0. The second kappa shape index (κ2) is 13.6. The van der Waals surface area contributed by atoms with Crippen LogP contribution in [0.2, 0.25) is 0 Å². The number of carbonyl (C=O) groups is 3. The number of para-hydroxylation sites is 1. The molecular weight excluding hydrogens is 594 g/mol. The second-order valence-electron chi connectivity index (χ2n) is 10.9. The Morgan fingerprint density at radius 1 is 1.00 bits per heavy atom. The molecule has 45 heavy (non-hydrogen) atoms. The summed E-state index contributed by atoms with van der Waals surface area (Å²) in [7, 11) is 1.44. The predicted molar refractivity (Wildman–Crippen MR) is 171 cm³/mol. The largest absolute Gasteiger partial charge is 0.493 e. The number of fused-ring (bicyclic) bond motifs is 2. The quantitative estimate of drug-likeness (QED) is 0.175. The van der Waals surface area contributed by atoms with Crippen LogP contribution in [0.3, 0.4) is 0 Å². The lowest BCUT2D eigenvalue weighted by Crippen LogP contribution is -2.41. The molecule has 2 aliphatic heterocycles. The Morgan fingerprint density at radius 3 is 2.47 bits per heavy atom. The number of rotatable bonds is 11. The molecule has 1 amide bonds. The van der Waals surface area contributed by atoms with Crippen LogP contribution in [0.4, 0.5) is 5.69 Å². The average Bonchev–Trinajstić information content (AvgIpc) is 3.48. The van der Waals surface area contributed by atoms with E-state index < -0.39 is 23.5 Å². The van der Waals surface area contributed by atoms with Crippen LogP contribution in [0, 0.1) is 0 Å². The van der Waals surface area contributed by atoms with Crippen molar-refractivity contribution in [2.45, 2.75) is 65.8 Å². The minimum Gasteiger partial charge on any atom is -0.493 e. The van der Waals surface area contributed by atoms with Crippen molar-refractivity contribution in [2.75, 3.05) is 25.2 Å². The minimum atomic E-state index is -0.934. The molecule has 11 heteroatoms. The zero-order chi connectivity index (χ0) is 32.2. The molecule has 10 nitrogen and oxygen atoms in total. The number of anilines is 1. The van der Waals surface area contributed by atoms with E-state index in [1.807, 2.05) is 24.3 Å². The zero-order valence-electron chi connectivity index (χ0n) is 26.2. The van der Waals surface area contributed by atoms with Gasteiger partial charge in [-0.15, -0.1) is 0 Å². The summed E-state index contributed by atoms with van der Waals surface area (Å²) in [4.78, 5) is 60.2. The van der Waals surface area contributed by atoms with E-state index >= 15 is 0 Å². The fraction of sp³-hybridized carbons (Fsp3) is 0.382. The number of esters is 2. The number of nitrogens with zero attached hydrogens (tertiary/aromatic N) is 3. The molecule has 1 atom stereocenters. The summed E-state index contributed by atoms with van der Waals surface area (Å²) in [5.74, 6) is -0.900. The van der Waals surface area contributed by atoms with Gasteiger partial charge in [0.15, 0.2) is 16.3 Å². The molecule has 0 N–H and O–H groups in total. The summed E-state index contributed by atoms with van der Waals surface area (Å²) in [6.07, 6.45) is 5.29. The van der Waals surface area contributed by atoms with Gasteiger partial charge in [-0.3, -0.25) is 19.0 Å². The number of amides is 1. The van der Waals surface area contributed by atoms with Crippen LogP contribution >= 0.6 is 11.3 Å². The summed E-state index contributed by atoms with van der Waals surface area (Å²) in [5.41, 5.74) is 2.48. The number of aromatic nitrogens is 1. The molecule has 0 spiro atoms. The van der Waals surface area contributed by atoms with Crippen LogP contribution in [0.1, 0.15) is 77.0 Å². The Labute approximate surface area is 265 Å². The van der Waals surface area contributed by atoms with E-state index in [1.54, 1.807) is 36.9 Å². The molecule has 3 heterocycles. The van der Waals surface area contributed by atoms with Gasteiger partial charge >= 0.3 is 11.9 Å². The van der Waals surface area contributed by atoms with Crippen LogP contribution < -0.4 is 29.3 Å². The van der Waals surface area contributed by atoms with Gasteiger partial charge in [-0.2, -0.15) is 0 Å². The maximum Gasteiger partial charge on any atom is 0.338 e. The standard InChI is InChI=1S/C34H37N3O7S/c1-6-8-9-10-13-18-36-24-15-12-11-14-23(24)28(31(36)39)30-32(40)37-29(22-16-17-25(44-21(4)38)26(19-22)42-5)27(33(41)43-7-2)20(3)35-34(37)45-30/h11-12,14-17,19,29H,6-10,13,18H2,1-5H3/b30-28-. The second-order valence-corrected chi connectivity index (χ2v) is 11.9. The summed E-state index contributed by atoms with van der Waals surface area (Å²) < 4.78 is 17.9. The molecule has 3 aromatic rings. The monoisotopic (exact) mass is 631 g/mol. The van der Waals surface area contributed by atoms with E-state index in [9.17, 15) is 19.2 Å². The van der Waals surface area contributed by atoms with Gasteiger partial charge in [0, 0.05) is 19.0 Å². The molecule has 236 valence electrons. The number of carbonyl (C=O) groups excluding carboxylic acids is 3. The van der Waals surface area contributed by atoms with Gasteiger partial charge in [0.2, 0.25) is 0 Å². The van der Waals surface area contributed by atoms with E-state index in [-0.39, 0.29) is 34.1 Å². The van der Waals surface area contributed by atoms with Crippen molar-refractivity contribution in [1.82, 2.24) is 4.57 Å². The summed E-state index contributed by atoms with van der Waals surface area (Å²) in [6.45, 7) is 7.54. The Hall–Kier alpha value is -4.51. The molecule has 0 fully saturated rings. The first kappa shape index (κ1) is 31.9. The average molecular weight is 632 g/mol. The highest BCUT2D eigenvalue weighted by atomic mass is 32.1. The van der Waals surface area contributed by atoms with Crippen molar-refractivity contribution in [3.05, 3.63) is 84.5 Å². The SMILES string of the molecule is CCCCCCCN1C(=O)/C(=c2\sc3n(c2=O)C(c2ccc(OC(C)=O)c(OC)c2)C(C(=O)OCC)=C(C)N=3)c2ccccc21. The van der Waals surface area contributed by atoms with Crippen LogP contribution in [0.5, 0.6) is 11.5 Å². The molecule has 2 aromatic carbocycles. The molecule has 0 aliphatic carbocycles. The van der Waals surface area contributed by atoms with Gasteiger partial charge in [-0.25, -0.2) is 9.79 Å². The van der Waals surface area contributed by atoms with Gasteiger partial charge < -0.3 is 19.1 Å². The van der Waals surface area contributed by atoms with E-state index in [4.69, 9.17) is 14.2 Å². The summed E-state index contributed by atoms with van der Waals surface area (Å²) in [5, 5.41) is 0. The number of benzene rings is 2. The molecule has 1 unspecified atom stereocenters. The Balaban J connectivity index is 1.69. The van der Waals surface area contributed by atoms with Gasteiger partial charge in [-0.1, -0.05) is 68.2 Å². The lowest BCUT2D eigenvalue weighted by Gasteiger charge is -2.25. The fourth-order valence-electron chi connectivity index (χ4n) is 5.85. The molecule has 0 bridgehead atoms. The van der Waals surface area contributed by atoms with E-state index in [0.717, 1.165) is 49.1 Å². The number of ether oxygens (including phenoxy) is 3. The number of methoxy groups -OCH3 is 1. The molecule has 1 aromatic heterocycles. The Bertz CT molecular complexity index is 1870. The van der Waals surface area contributed by atoms with E-state index in [1.165, 1.54) is 18.6 Å². The molecule has 5 rings (SSSR count). The lowest BCUT2D eigenvalue weighted by atomic mass is 9.95. The highest BCUT2D eigenvalue weighted by Gasteiger charge is 2.37. The Morgan fingerprint density at radius 2 is 1.76 bits per heavy atom. The summed E-state index contributed by atoms with van der Waals surface area (Å²) >= 11 is 1.13.